The minimum Gasteiger partial charge on any atom is -0.324 e. The van der Waals surface area contributed by atoms with Crippen molar-refractivity contribution in [2.24, 2.45) is 29.6 Å². The summed E-state index contributed by atoms with van der Waals surface area (Å²) >= 11 is 5.57. The smallest absolute Gasteiger partial charge is 0.269 e. The van der Waals surface area contributed by atoms with Crippen LogP contribution < -0.4 is 5.56 Å². The van der Waals surface area contributed by atoms with Crippen molar-refractivity contribution in [3.8, 4) is 11.4 Å². The molecule has 0 spiro atoms. The number of hydrogen-bond acceptors (Lipinski definition) is 3. The highest BCUT2D eigenvalue weighted by molar-refractivity contribution is 7.71. The molecule has 0 radical (unpaired) electrons. The minimum absolute atomic E-state index is 0.0248. The Balaban J connectivity index is 1.38. The summed E-state index contributed by atoms with van der Waals surface area (Å²) in [6.07, 6.45) is 7.76. The highest BCUT2D eigenvalue weighted by Crippen LogP contribution is 2.57. The van der Waals surface area contributed by atoms with Crippen LogP contribution in [-0.4, -0.2) is 19.6 Å². The van der Waals surface area contributed by atoms with Gasteiger partial charge in [0.15, 0.2) is 0 Å². The van der Waals surface area contributed by atoms with Crippen LogP contribution in [0.3, 0.4) is 0 Å². The number of H-pyrrole nitrogens is 2. The van der Waals surface area contributed by atoms with Crippen LogP contribution in [-0.2, 0) is 11.8 Å². The molecule has 5 nitrogen and oxygen atoms in total. The lowest BCUT2D eigenvalue weighted by molar-refractivity contribution is -0.0359. The van der Waals surface area contributed by atoms with Crippen LogP contribution in [0.1, 0.15) is 64.0 Å². The van der Waals surface area contributed by atoms with Gasteiger partial charge >= 0.3 is 0 Å². The topological polar surface area (TPSA) is 66.0 Å². The highest BCUT2D eigenvalue weighted by atomic mass is 32.1. The molecule has 4 bridgehead atoms. The molecule has 4 saturated carbocycles. The molecule has 0 unspecified atom stereocenters. The summed E-state index contributed by atoms with van der Waals surface area (Å²) in [5.74, 6) is 4.80. The van der Waals surface area contributed by atoms with Crippen LogP contribution in [0.15, 0.2) is 29.1 Å². The highest BCUT2D eigenvalue weighted by Gasteiger charge is 2.48. The Morgan fingerprint density at radius 3 is 2.25 bits per heavy atom. The molecule has 4 fully saturated rings. The number of aromatic nitrogens is 4. The molecule has 4 aliphatic rings. The fourth-order valence-corrected chi connectivity index (χ4v) is 7.32. The normalized spacial score (nSPS) is 29.2. The predicted octanol–water partition coefficient (Wildman–Crippen LogP) is 5.66. The summed E-state index contributed by atoms with van der Waals surface area (Å²) in [6.45, 7) is 6.63. The molecule has 0 saturated heterocycles. The van der Waals surface area contributed by atoms with Crippen LogP contribution >= 0.6 is 12.2 Å². The molecule has 3 aromatic rings. The van der Waals surface area contributed by atoms with Crippen molar-refractivity contribution in [3.63, 3.8) is 0 Å². The lowest BCUT2D eigenvalue weighted by Gasteiger charge is -2.54. The summed E-state index contributed by atoms with van der Waals surface area (Å²) in [6, 6.07) is 8.48. The third-order valence-electron chi connectivity index (χ3n) is 8.52. The zero-order valence-electron chi connectivity index (χ0n) is 19.1. The summed E-state index contributed by atoms with van der Waals surface area (Å²) in [5, 5.41) is 2.94. The van der Waals surface area contributed by atoms with Crippen LogP contribution in [0.2, 0.25) is 0 Å². The first kappa shape index (κ1) is 20.4. The zero-order chi connectivity index (χ0) is 22.2. The summed E-state index contributed by atoms with van der Waals surface area (Å²) in [7, 11) is 0. The Morgan fingerprint density at radius 2 is 1.66 bits per heavy atom. The van der Waals surface area contributed by atoms with Gasteiger partial charge in [0.05, 0.1) is 5.56 Å². The van der Waals surface area contributed by atoms with Gasteiger partial charge < -0.3 is 4.98 Å². The van der Waals surface area contributed by atoms with E-state index in [0.29, 0.717) is 10.7 Å². The van der Waals surface area contributed by atoms with Crippen LogP contribution in [0.25, 0.3) is 17.0 Å². The van der Waals surface area contributed by atoms with Gasteiger partial charge in [0.1, 0.15) is 11.5 Å². The Kier molecular flexibility index (Phi) is 4.55. The van der Waals surface area contributed by atoms with Crippen molar-refractivity contribution in [2.75, 3.05) is 0 Å². The Labute approximate surface area is 193 Å². The van der Waals surface area contributed by atoms with Gasteiger partial charge in [-0.2, -0.15) is 0 Å². The number of hydrogen-bond donors (Lipinski definition) is 2. The van der Waals surface area contributed by atoms with E-state index in [1.807, 2.05) is 0 Å². The van der Waals surface area contributed by atoms with Gasteiger partial charge in [-0.15, -0.1) is 0 Å². The average molecular weight is 449 g/mol. The molecule has 2 N–H and O–H groups in total. The molecule has 168 valence electrons. The maximum Gasteiger partial charge on any atom is 0.269 e. The van der Waals surface area contributed by atoms with E-state index >= 15 is 0 Å². The van der Waals surface area contributed by atoms with Crippen molar-refractivity contribution in [2.45, 2.75) is 64.7 Å². The van der Waals surface area contributed by atoms with Crippen LogP contribution in [0.4, 0.5) is 0 Å². The monoisotopic (exact) mass is 448 g/mol. The van der Waals surface area contributed by atoms with E-state index in [-0.39, 0.29) is 11.0 Å². The first-order valence-corrected chi connectivity index (χ1v) is 12.5. The number of benzene rings is 1. The van der Waals surface area contributed by atoms with Gasteiger partial charge in [-0.1, -0.05) is 45.0 Å². The molecule has 0 amide bonds. The fourth-order valence-electron chi connectivity index (χ4n) is 7.09. The second-order valence-corrected chi connectivity index (χ2v) is 12.0. The molecule has 4 aliphatic carbocycles. The third kappa shape index (κ3) is 3.30. The number of aromatic amines is 2. The molecule has 7 rings (SSSR count). The molecule has 1 aromatic carbocycles. The first-order chi connectivity index (χ1) is 15.3. The van der Waals surface area contributed by atoms with Crippen molar-refractivity contribution in [1.29, 1.82) is 0 Å². The zero-order valence-corrected chi connectivity index (χ0v) is 20.0. The summed E-state index contributed by atoms with van der Waals surface area (Å²) < 4.78 is 2.05. The van der Waals surface area contributed by atoms with Gasteiger partial charge in [-0.05, 0) is 91.3 Å². The van der Waals surface area contributed by atoms with E-state index in [0.717, 1.165) is 52.7 Å². The quantitative estimate of drug-likeness (QED) is 0.508. The van der Waals surface area contributed by atoms with Crippen molar-refractivity contribution < 1.29 is 0 Å². The van der Waals surface area contributed by atoms with E-state index < -0.39 is 0 Å². The first-order valence-electron chi connectivity index (χ1n) is 12.1. The van der Waals surface area contributed by atoms with Gasteiger partial charge in [0.25, 0.3) is 5.56 Å². The van der Waals surface area contributed by atoms with Crippen LogP contribution in [0, 0.1) is 34.4 Å². The SMILES string of the molecule is CC(C)(C)c1ccc(-c2nc(=S)n3[nH]c(=O)c(CC4C5CC6CC(C5)CC4C6)c3[nH]2)cc1. The molecule has 2 aromatic heterocycles. The molecular weight excluding hydrogens is 416 g/mol. The van der Waals surface area contributed by atoms with E-state index in [4.69, 9.17) is 12.2 Å². The lowest BCUT2D eigenvalue weighted by Crippen LogP contribution is -2.46. The maximum absolute atomic E-state index is 13.0. The molecule has 6 heteroatoms. The second kappa shape index (κ2) is 7.14. The Bertz CT molecular complexity index is 1260. The maximum atomic E-state index is 13.0. The average Bonchev–Trinajstić information content (AvgIpc) is 3.05. The summed E-state index contributed by atoms with van der Waals surface area (Å²) in [5.41, 5.74) is 3.98. The molecular formula is C26H32N4OS. The number of nitrogens with zero attached hydrogens (tertiary/aromatic N) is 2. The van der Waals surface area contributed by atoms with E-state index in [2.05, 4.69) is 60.1 Å². The Morgan fingerprint density at radius 1 is 1.03 bits per heavy atom. The standard InChI is InChI=1S/C26H32N4OS/c1-26(2,3)19-6-4-16(5-7-19)22-27-23-21(24(31)29-30(23)25(32)28-22)13-20-17-9-14-8-15(11-17)12-18(20)10-14/h4-7,14-15,17-18,20H,8-13H2,1-3H3,(H,29,31)(H,27,28,32). The minimum atomic E-state index is -0.0248. The fraction of sp³-hybridized carbons (Fsp3) is 0.577. The summed E-state index contributed by atoms with van der Waals surface area (Å²) in [4.78, 5) is 21.0. The second-order valence-electron chi connectivity index (χ2n) is 11.6. The van der Waals surface area contributed by atoms with Gasteiger partial charge in [0, 0.05) is 5.56 Å². The van der Waals surface area contributed by atoms with Crippen molar-refractivity contribution >= 4 is 17.9 Å². The molecule has 2 heterocycles. The van der Waals surface area contributed by atoms with Gasteiger partial charge in [-0.25, -0.2) is 9.50 Å². The molecule has 0 aliphatic heterocycles. The largest absolute Gasteiger partial charge is 0.324 e. The Hall–Kier alpha value is -2.21. The number of fused-ring (bicyclic) bond motifs is 1. The predicted molar refractivity (Wildman–Crippen MR) is 129 cm³/mol. The number of rotatable bonds is 3. The van der Waals surface area contributed by atoms with E-state index in [1.165, 1.54) is 37.7 Å². The molecule has 0 atom stereocenters. The number of nitrogens with one attached hydrogen (secondary N) is 2. The van der Waals surface area contributed by atoms with Gasteiger partial charge in [0.2, 0.25) is 4.77 Å². The van der Waals surface area contributed by atoms with Crippen molar-refractivity contribution in [1.82, 2.24) is 19.6 Å². The molecule has 32 heavy (non-hydrogen) atoms. The van der Waals surface area contributed by atoms with E-state index in [9.17, 15) is 4.79 Å². The lowest BCUT2D eigenvalue weighted by atomic mass is 9.51. The van der Waals surface area contributed by atoms with E-state index in [1.54, 1.807) is 4.52 Å². The van der Waals surface area contributed by atoms with Crippen LogP contribution in [0.5, 0.6) is 0 Å². The van der Waals surface area contributed by atoms with Crippen molar-refractivity contribution in [3.05, 3.63) is 50.5 Å². The third-order valence-corrected chi connectivity index (χ3v) is 8.79. The van der Waals surface area contributed by atoms with Gasteiger partial charge in [-0.3, -0.25) is 9.89 Å².